The normalized spacial score (nSPS) is 12.9. The van der Waals surface area contributed by atoms with E-state index in [1.165, 1.54) is 21.2 Å². The van der Waals surface area contributed by atoms with Gasteiger partial charge in [0.05, 0.1) is 6.10 Å². The molecule has 78 valence electrons. The maximum atomic E-state index is 9.20. The molecule has 0 saturated carbocycles. The summed E-state index contributed by atoms with van der Waals surface area (Å²) in [6.45, 7) is 6.03. The van der Waals surface area contributed by atoms with Crippen LogP contribution in [0, 0.1) is 13.8 Å². The zero-order valence-corrected chi connectivity index (χ0v) is 10.6. The first-order valence-corrected chi connectivity index (χ1v) is 5.73. The second-order valence-corrected chi connectivity index (χ2v) is 4.72. The van der Waals surface area contributed by atoms with E-state index >= 15 is 0 Å². The first-order valence-electron chi connectivity index (χ1n) is 4.94. The molecule has 0 heterocycles. The molecule has 0 aliphatic rings. The Hall–Kier alpha value is -0.340. The molecule has 1 unspecified atom stereocenters. The Labute approximate surface area is 94.3 Å². The van der Waals surface area contributed by atoms with Crippen LogP contribution >= 0.6 is 15.9 Å². The van der Waals surface area contributed by atoms with Gasteiger partial charge in [0, 0.05) is 4.47 Å². The van der Waals surface area contributed by atoms with Gasteiger partial charge in [0.15, 0.2) is 0 Å². The van der Waals surface area contributed by atoms with Crippen LogP contribution < -0.4 is 0 Å². The number of hydrogen-bond acceptors (Lipinski definition) is 1. The predicted molar refractivity (Wildman–Crippen MR) is 63.6 cm³/mol. The van der Waals surface area contributed by atoms with Gasteiger partial charge in [0.2, 0.25) is 0 Å². The van der Waals surface area contributed by atoms with E-state index in [1.54, 1.807) is 0 Å². The van der Waals surface area contributed by atoms with Gasteiger partial charge in [-0.1, -0.05) is 28.1 Å². The van der Waals surface area contributed by atoms with Crippen molar-refractivity contribution in [1.82, 2.24) is 0 Å². The van der Waals surface area contributed by atoms with Crippen LogP contribution in [-0.4, -0.2) is 11.2 Å². The van der Waals surface area contributed by atoms with Crippen molar-refractivity contribution in [3.63, 3.8) is 0 Å². The number of aryl methyl sites for hydroxylation is 3. The summed E-state index contributed by atoms with van der Waals surface area (Å²) in [4.78, 5) is 0. The number of rotatable bonds is 3. The third-order valence-electron chi connectivity index (χ3n) is 2.35. The number of hydrogen-bond donors (Lipinski definition) is 1. The third kappa shape index (κ3) is 3.10. The fourth-order valence-corrected chi connectivity index (χ4v) is 1.78. The summed E-state index contributed by atoms with van der Waals surface area (Å²) in [5.74, 6) is 0. The Morgan fingerprint density at radius 2 is 1.79 bits per heavy atom. The number of benzene rings is 1. The first-order chi connectivity index (χ1) is 6.50. The second-order valence-electron chi connectivity index (χ2n) is 3.93. The minimum absolute atomic E-state index is 0.209. The summed E-state index contributed by atoms with van der Waals surface area (Å²) in [6.07, 6.45) is 1.58. The van der Waals surface area contributed by atoms with Crippen molar-refractivity contribution in [2.75, 3.05) is 0 Å². The van der Waals surface area contributed by atoms with E-state index in [4.69, 9.17) is 0 Å². The van der Waals surface area contributed by atoms with Crippen molar-refractivity contribution < 1.29 is 5.11 Å². The molecule has 0 amide bonds. The van der Waals surface area contributed by atoms with Gasteiger partial charge >= 0.3 is 0 Å². The van der Waals surface area contributed by atoms with Crippen LogP contribution in [0.5, 0.6) is 0 Å². The maximum absolute atomic E-state index is 9.20. The van der Waals surface area contributed by atoms with Gasteiger partial charge in [-0.2, -0.15) is 0 Å². The van der Waals surface area contributed by atoms with Gasteiger partial charge in [-0.05, 0) is 50.3 Å². The van der Waals surface area contributed by atoms with Gasteiger partial charge < -0.3 is 5.11 Å². The fourth-order valence-electron chi connectivity index (χ4n) is 1.56. The van der Waals surface area contributed by atoms with Gasteiger partial charge in [-0.25, -0.2) is 0 Å². The van der Waals surface area contributed by atoms with Crippen molar-refractivity contribution in [1.29, 1.82) is 0 Å². The molecule has 0 aliphatic heterocycles. The van der Waals surface area contributed by atoms with Crippen molar-refractivity contribution >= 4 is 15.9 Å². The molecule has 2 heteroatoms. The van der Waals surface area contributed by atoms with Crippen molar-refractivity contribution in [3.8, 4) is 0 Å². The van der Waals surface area contributed by atoms with Crippen LogP contribution in [0.2, 0.25) is 0 Å². The standard InChI is InChI=1S/C12H17BrO/c1-8-6-11(5-4-10(3)14)7-9(2)12(8)13/h6-7,10,14H,4-5H2,1-3H3. The Morgan fingerprint density at radius 1 is 1.29 bits per heavy atom. The number of aliphatic hydroxyl groups excluding tert-OH is 1. The van der Waals surface area contributed by atoms with Crippen LogP contribution in [-0.2, 0) is 6.42 Å². The predicted octanol–water partition coefficient (Wildman–Crippen LogP) is 3.38. The summed E-state index contributed by atoms with van der Waals surface area (Å²) in [6, 6.07) is 4.36. The molecule has 0 bridgehead atoms. The second kappa shape index (κ2) is 4.94. The van der Waals surface area contributed by atoms with Gasteiger partial charge in [0.25, 0.3) is 0 Å². The summed E-state index contributed by atoms with van der Waals surface area (Å²) in [5.41, 5.74) is 3.85. The Morgan fingerprint density at radius 3 is 2.21 bits per heavy atom. The minimum atomic E-state index is -0.209. The molecule has 14 heavy (non-hydrogen) atoms. The Kier molecular flexibility index (Phi) is 4.14. The molecule has 1 N–H and O–H groups in total. The van der Waals surface area contributed by atoms with Gasteiger partial charge in [-0.3, -0.25) is 0 Å². The van der Waals surface area contributed by atoms with Crippen molar-refractivity contribution in [2.45, 2.75) is 39.7 Å². The molecule has 0 fully saturated rings. The highest BCUT2D eigenvalue weighted by molar-refractivity contribution is 9.10. The maximum Gasteiger partial charge on any atom is 0.0515 e. The Balaban J connectivity index is 2.79. The summed E-state index contributed by atoms with van der Waals surface area (Å²) < 4.78 is 1.19. The van der Waals surface area contributed by atoms with E-state index in [9.17, 15) is 5.11 Å². The Bertz CT molecular complexity index is 295. The van der Waals surface area contributed by atoms with Crippen LogP contribution in [0.25, 0.3) is 0 Å². The molecule has 1 aromatic rings. The molecular formula is C12H17BrO. The lowest BCUT2D eigenvalue weighted by Crippen LogP contribution is -2.01. The first kappa shape index (κ1) is 11.7. The molecular weight excluding hydrogens is 240 g/mol. The largest absolute Gasteiger partial charge is 0.393 e. The van der Waals surface area contributed by atoms with Gasteiger partial charge in [0.1, 0.15) is 0 Å². The summed E-state index contributed by atoms with van der Waals surface area (Å²) >= 11 is 3.54. The smallest absolute Gasteiger partial charge is 0.0515 e. The van der Waals surface area contributed by atoms with Crippen LogP contribution in [0.4, 0.5) is 0 Å². The topological polar surface area (TPSA) is 20.2 Å². The highest BCUT2D eigenvalue weighted by Gasteiger charge is 2.03. The van der Waals surface area contributed by atoms with Crippen molar-refractivity contribution in [3.05, 3.63) is 33.3 Å². The lowest BCUT2D eigenvalue weighted by molar-refractivity contribution is 0.185. The third-order valence-corrected chi connectivity index (χ3v) is 3.60. The molecule has 1 aromatic carbocycles. The van der Waals surface area contributed by atoms with E-state index in [2.05, 4.69) is 41.9 Å². The quantitative estimate of drug-likeness (QED) is 0.880. The fraction of sp³-hybridized carbons (Fsp3) is 0.500. The van der Waals surface area contributed by atoms with E-state index in [0.29, 0.717) is 0 Å². The SMILES string of the molecule is Cc1cc(CCC(C)O)cc(C)c1Br. The number of aliphatic hydroxyl groups is 1. The highest BCUT2D eigenvalue weighted by atomic mass is 79.9. The summed E-state index contributed by atoms with van der Waals surface area (Å²) in [7, 11) is 0. The molecule has 0 radical (unpaired) electrons. The van der Waals surface area contributed by atoms with Crippen molar-refractivity contribution in [2.24, 2.45) is 0 Å². The lowest BCUT2D eigenvalue weighted by Gasteiger charge is -2.09. The van der Waals surface area contributed by atoms with Crippen LogP contribution in [0.15, 0.2) is 16.6 Å². The zero-order valence-electron chi connectivity index (χ0n) is 8.97. The molecule has 0 saturated heterocycles. The van der Waals surface area contributed by atoms with Crippen LogP contribution in [0.1, 0.15) is 30.0 Å². The van der Waals surface area contributed by atoms with E-state index in [-0.39, 0.29) is 6.10 Å². The van der Waals surface area contributed by atoms with Crippen LogP contribution in [0.3, 0.4) is 0 Å². The van der Waals surface area contributed by atoms with E-state index in [1.807, 2.05) is 6.92 Å². The van der Waals surface area contributed by atoms with Gasteiger partial charge in [-0.15, -0.1) is 0 Å². The molecule has 0 aromatic heterocycles. The number of halogens is 1. The molecule has 0 aliphatic carbocycles. The average molecular weight is 257 g/mol. The molecule has 1 atom stereocenters. The molecule has 0 spiro atoms. The van der Waals surface area contributed by atoms with E-state index in [0.717, 1.165) is 12.8 Å². The van der Waals surface area contributed by atoms with E-state index < -0.39 is 0 Å². The highest BCUT2D eigenvalue weighted by Crippen LogP contribution is 2.23. The monoisotopic (exact) mass is 256 g/mol. The average Bonchev–Trinajstić information content (AvgIpc) is 2.10. The zero-order chi connectivity index (χ0) is 10.7. The minimum Gasteiger partial charge on any atom is -0.393 e. The summed E-state index contributed by atoms with van der Waals surface area (Å²) in [5, 5.41) is 9.20. The lowest BCUT2D eigenvalue weighted by atomic mass is 10.0. The molecule has 1 nitrogen and oxygen atoms in total. The molecule has 1 rings (SSSR count).